The molecule has 5 aliphatic rings. The molecule has 1 aromatic rings. The summed E-state index contributed by atoms with van der Waals surface area (Å²) in [4.78, 5) is 13.7. The summed E-state index contributed by atoms with van der Waals surface area (Å²) >= 11 is 0. The van der Waals surface area contributed by atoms with Gasteiger partial charge >= 0.3 is 5.97 Å². The normalized spacial score (nSPS) is 50.3. The van der Waals surface area contributed by atoms with Gasteiger partial charge < -0.3 is 14.9 Å². The molecule has 0 aliphatic heterocycles. The first kappa shape index (κ1) is 29.4. The van der Waals surface area contributed by atoms with Crippen molar-refractivity contribution < 1.29 is 19.7 Å². The second-order valence-electron chi connectivity index (χ2n) is 16.7. The highest BCUT2D eigenvalue weighted by Crippen LogP contribution is 2.76. The Morgan fingerprint density at radius 2 is 1.59 bits per heavy atom. The van der Waals surface area contributed by atoms with E-state index in [4.69, 9.17) is 4.74 Å². The highest BCUT2D eigenvalue weighted by molar-refractivity contribution is 5.89. The molecule has 0 bridgehead atoms. The summed E-state index contributed by atoms with van der Waals surface area (Å²) in [5, 5.41) is 23.4. The molecule has 4 fully saturated rings. The number of hydrogen-bond acceptors (Lipinski definition) is 4. The largest absolute Gasteiger partial charge is 0.458 e. The lowest BCUT2D eigenvalue weighted by molar-refractivity contribution is -0.243. The van der Waals surface area contributed by atoms with Crippen LogP contribution in [0.1, 0.15) is 111 Å². The Balaban J connectivity index is 1.51. The van der Waals surface area contributed by atoms with Gasteiger partial charge in [-0.15, -0.1) is 0 Å². The number of benzene rings is 1. The van der Waals surface area contributed by atoms with E-state index in [1.54, 1.807) is 0 Å². The third-order valence-corrected chi connectivity index (χ3v) is 14.6. The van der Waals surface area contributed by atoms with Crippen molar-refractivity contribution in [3.8, 4) is 0 Å². The number of hydrogen-bond donors (Lipinski definition) is 2. The Bertz CT molecular complexity index is 1220. The van der Waals surface area contributed by atoms with Crippen LogP contribution in [0.4, 0.5) is 0 Å². The molecule has 6 rings (SSSR count). The Labute approximate surface area is 248 Å². The molecule has 0 amide bonds. The summed E-state index contributed by atoms with van der Waals surface area (Å²) in [5.41, 5.74) is 1.06. The van der Waals surface area contributed by atoms with E-state index in [-0.39, 0.29) is 51.2 Å². The minimum atomic E-state index is -0.542. The van der Waals surface area contributed by atoms with Crippen molar-refractivity contribution in [1.29, 1.82) is 0 Å². The average Bonchev–Trinajstić information content (AvgIpc) is 2.91. The van der Waals surface area contributed by atoms with E-state index in [2.05, 4.69) is 61.5 Å². The number of esters is 1. The van der Waals surface area contributed by atoms with Crippen LogP contribution in [0.5, 0.6) is 0 Å². The maximum Gasteiger partial charge on any atom is 0.338 e. The number of aliphatic hydroxyl groups is 2. The zero-order chi connectivity index (χ0) is 29.8. The van der Waals surface area contributed by atoms with Crippen LogP contribution in [0.15, 0.2) is 42.0 Å². The highest BCUT2D eigenvalue weighted by atomic mass is 16.5. The van der Waals surface area contributed by atoms with Crippen molar-refractivity contribution in [2.24, 2.45) is 56.7 Å². The zero-order valence-corrected chi connectivity index (χ0v) is 26.7. The van der Waals surface area contributed by atoms with E-state index in [1.807, 2.05) is 30.3 Å². The monoisotopic (exact) mass is 562 g/mol. The molecule has 2 N–H and O–H groups in total. The standard InChI is InChI=1S/C37H54O4/c1-22-14-17-34(5)21-29(41-32(40)24-12-10-9-11-13-24)37(8)25(30(34)23(22)2)20-26(38)31-35(6)18-16-28(39)33(3,4)27(35)15-19-36(31,37)7/h9-13,20,22-23,26-31,38-39H,14-19,21H2,1-8H3/t22-,23+,26-,27+,28+,29+,30+,31-,34-,35+,36-,37+/m1/s1. The number of fused-ring (bicyclic) bond motifs is 7. The molecule has 4 nitrogen and oxygen atoms in total. The van der Waals surface area contributed by atoms with Crippen LogP contribution in [-0.4, -0.2) is 34.5 Å². The Morgan fingerprint density at radius 1 is 0.902 bits per heavy atom. The lowest BCUT2D eigenvalue weighted by Gasteiger charge is -2.73. The van der Waals surface area contributed by atoms with Gasteiger partial charge in [0.25, 0.3) is 0 Å². The number of rotatable bonds is 2. The SMILES string of the molecule is C[C@H]1[C@H](C)CC[C@]2(C)C[C@H](OC(=O)c3ccccc3)[C@]3(C)C(=C[C@@H](O)[C@@H]4[C@@]5(C)CC[C@H](O)C(C)(C)[C@@H]5CC[C@]43C)[C@H]12. The van der Waals surface area contributed by atoms with Gasteiger partial charge in [0.15, 0.2) is 0 Å². The predicted octanol–water partition coefficient (Wildman–Crippen LogP) is 7.83. The molecular weight excluding hydrogens is 508 g/mol. The third-order valence-electron chi connectivity index (χ3n) is 14.6. The summed E-state index contributed by atoms with van der Waals surface area (Å²) in [7, 11) is 0. The van der Waals surface area contributed by atoms with Crippen LogP contribution in [0, 0.1) is 56.7 Å². The van der Waals surface area contributed by atoms with Gasteiger partial charge in [-0.1, -0.05) is 85.2 Å². The third kappa shape index (κ3) is 3.88. The van der Waals surface area contributed by atoms with Crippen LogP contribution in [-0.2, 0) is 4.74 Å². The number of carbonyl (C=O) groups excluding carboxylic acids is 1. The van der Waals surface area contributed by atoms with Gasteiger partial charge in [-0.05, 0) is 102 Å². The van der Waals surface area contributed by atoms with Crippen molar-refractivity contribution >= 4 is 5.97 Å². The second-order valence-corrected chi connectivity index (χ2v) is 16.7. The van der Waals surface area contributed by atoms with Gasteiger partial charge in [0.1, 0.15) is 6.10 Å². The maximum absolute atomic E-state index is 13.7. The Morgan fingerprint density at radius 3 is 2.27 bits per heavy atom. The van der Waals surface area contributed by atoms with E-state index >= 15 is 0 Å². The van der Waals surface area contributed by atoms with Gasteiger partial charge in [0.05, 0.1) is 17.8 Å². The second kappa shape index (κ2) is 9.42. The molecular formula is C37H54O4. The quantitative estimate of drug-likeness (QED) is 0.285. The van der Waals surface area contributed by atoms with Gasteiger partial charge in [0, 0.05) is 11.3 Å². The molecule has 0 radical (unpaired) electrons. The highest BCUT2D eigenvalue weighted by Gasteiger charge is 2.72. The van der Waals surface area contributed by atoms with Gasteiger partial charge in [-0.25, -0.2) is 4.79 Å². The first-order valence-electron chi connectivity index (χ1n) is 16.5. The van der Waals surface area contributed by atoms with Crippen molar-refractivity contribution in [3.63, 3.8) is 0 Å². The van der Waals surface area contributed by atoms with Crippen LogP contribution >= 0.6 is 0 Å². The van der Waals surface area contributed by atoms with Crippen LogP contribution in [0.2, 0.25) is 0 Å². The molecule has 4 heteroatoms. The lowest BCUT2D eigenvalue weighted by atomic mass is 9.32. The minimum absolute atomic E-state index is 0.0276. The molecule has 0 unspecified atom stereocenters. The summed E-state index contributed by atoms with van der Waals surface area (Å²) in [6.07, 6.45) is 8.01. The molecule has 4 saturated carbocycles. The molecule has 226 valence electrons. The van der Waals surface area contributed by atoms with Gasteiger partial charge in [-0.2, -0.15) is 0 Å². The van der Waals surface area contributed by atoms with Crippen molar-refractivity contribution in [1.82, 2.24) is 0 Å². The molecule has 0 aromatic heterocycles. The summed E-state index contributed by atoms with van der Waals surface area (Å²) in [6, 6.07) is 9.46. The molecule has 12 atom stereocenters. The number of ether oxygens (including phenoxy) is 1. The smallest absolute Gasteiger partial charge is 0.338 e. The van der Waals surface area contributed by atoms with Gasteiger partial charge in [-0.3, -0.25) is 0 Å². The van der Waals surface area contributed by atoms with Crippen molar-refractivity contribution in [3.05, 3.63) is 47.5 Å². The number of carbonyl (C=O) groups is 1. The molecule has 1 aromatic carbocycles. The van der Waals surface area contributed by atoms with E-state index in [9.17, 15) is 15.0 Å². The summed E-state index contributed by atoms with van der Waals surface area (Å²) < 4.78 is 6.70. The number of aliphatic hydroxyl groups excluding tert-OH is 2. The van der Waals surface area contributed by atoms with Crippen LogP contribution in [0.3, 0.4) is 0 Å². The topological polar surface area (TPSA) is 66.8 Å². The fourth-order valence-electron chi connectivity index (χ4n) is 12.0. The fraction of sp³-hybridized carbons (Fsp3) is 0.757. The fourth-order valence-corrected chi connectivity index (χ4v) is 12.0. The Hall–Kier alpha value is -1.65. The van der Waals surface area contributed by atoms with E-state index < -0.39 is 6.10 Å². The molecule has 41 heavy (non-hydrogen) atoms. The van der Waals surface area contributed by atoms with Crippen molar-refractivity contribution in [2.45, 2.75) is 119 Å². The first-order valence-corrected chi connectivity index (χ1v) is 16.5. The average molecular weight is 563 g/mol. The summed E-state index contributed by atoms with van der Waals surface area (Å²) in [5.74, 6) is 1.63. The molecule has 0 spiro atoms. The lowest BCUT2D eigenvalue weighted by Crippen LogP contribution is -2.70. The zero-order valence-electron chi connectivity index (χ0n) is 26.7. The molecule has 5 aliphatic carbocycles. The predicted molar refractivity (Wildman–Crippen MR) is 163 cm³/mol. The van der Waals surface area contributed by atoms with Crippen LogP contribution in [0.25, 0.3) is 0 Å². The first-order chi connectivity index (χ1) is 19.1. The van der Waals surface area contributed by atoms with Crippen molar-refractivity contribution in [2.75, 3.05) is 0 Å². The van der Waals surface area contributed by atoms with Crippen LogP contribution < -0.4 is 0 Å². The molecule has 0 heterocycles. The van der Waals surface area contributed by atoms with E-state index in [1.165, 1.54) is 12.0 Å². The van der Waals surface area contributed by atoms with Gasteiger partial charge in [0.2, 0.25) is 0 Å². The summed E-state index contributed by atoms with van der Waals surface area (Å²) in [6.45, 7) is 19.0. The minimum Gasteiger partial charge on any atom is -0.458 e. The van der Waals surface area contributed by atoms with E-state index in [0.29, 0.717) is 29.2 Å². The maximum atomic E-state index is 13.7. The molecule has 0 saturated heterocycles. The van der Waals surface area contributed by atoms with E-state index in [0.717, 1.165) is 38.5 Å². The Kier molecular flexibility index (Phi) is 6.76.